The van der Waals surface area contributed by atoms with Gasteiger partial charge in [-0.2, -0.15) is 4.98 Å². The lowest BCUT2D eigenvalue weighted by Crippen LogP contribution is -2.25. The van der Waals surface area contributed by atoms with E-state index in [1.807, 2.05) is 0 Å². The third-order valence-corrected chi connectivity index (χ3v) is 4.96. The summed E-state index contributed by atoms with van der Waals surface area (Å²) in [5, 5.41) is 4.37. The number of aromatic nitrogens is 2. The lowest BCUT2D eigenvalue weighted by atomic mass is 10.1. The Kier molecular flexibility index (Phi) is 5.10. The van der Waals surface area contributed by atoms with Crippen LogP contribution in [0.5, 0.6) is 11.5 Å². The highest BCUT2D eigenvalue weighted by Gasteiger charge is 2.36. The predicted molar refractivity (Wildman–Crippen MR) is 104 cm³/mol. The van der Waals surface area contributed by atoms with Crippen molar-refractivity contribution in [3.8, 4) is 22.9 Å². The van der Waals surface area contributed by atoms with Crippen molar-refractivity contribution in [2.75, 3.05) is 25.7 Å². The molecular weight excluding hydrogens is 401 g/mol. The first-order valence-corrected chi connectivity index (χ1v) is 9.18. The van der Waals surface area contributed by atoms with Crippen LogP contribution in [0.1, 0.15) is 18.2 Å². The number of nitrogens with zero attached hydrogens (tertiary/aromatic N) is 3. The molecule has 9 heteroatoms. The van der Waals surface area contributed by atoms with Gasteiger partial charge in [0.25, 0.3) is 0 Å². The van der Waals surface area contributed by atoms with Crippen LogP contribution in [0.15, 0.2) is 40.9 Å². The number of carbonyl (C=O) groups excluding carboxylic acids is 1. The normalized spacial score (nSPS) is 16.3. The Morgan fingerprint density at radius 3 is 2.59 bits per heavy atom. The Morgan fingerprint density at radius 2 is 1.90 bits per heavy atom. The summed E-state index contributed by atoms with van der Waals surface area (Å²) in [6, 6.07) is 9.34. The van der Waals surface area contributed by atoms with Gasteiger partial charge in [0.15, 0.2) is 0 Å². The van der Waals surface area contributed by atoms with Crippen molar-refractivity contribution in [3.63, 3.8) is 0 Å². The van der Waals surface area contributed by atoms with E-state index in [-0.39, 0.29) is 30.5 Å². The maximum absolute atomic E-state index is 14.2. The first-order valence-electron chi connectivity index (χ1n) is 8.81. The van der Waals surface area contributed by atoms with E-state index in [9.17, 15) is 9.18 Å². The summed E-state index contributed by atoms with van der Waals surface area (Å²) in [4.78, 5) is 18.2. The third-order valence-electron chi connectivity index (χ3n) is 4.72. The summed E-state index contributed by atoms with van der Waals surface area (Å²) in [6.07, 6.45) is 0.134. The maximum atomic E-state index is 14.2. The molecular formula is C20H17ClFN3O4. The number of benzene rings is 2. The second-order valence-electron chi connectivity index (χ2n) is 6.56. The Hall–Kier alpha value is -3.13. The maximum Gasteiger partial charge on any atom is 0.232 e. The second kappa shape index (κ2) is 7.71. The molecule has 2 heterocycles. The lowest BCUT2D eigenvalue weighted by molar-refractivity contribution is -0.117. The topological polar surface area (TPSA) is 77.7 Å². The molecule has 1 aromatic heterocycles. The number of hydrogen-bond donors (Lipinski definition) is 0. The van der Waals surface area contributed by atoms with Crippen LogP contribution < -0.4 is 14.4 Å². The molecule has 1 amide bonds. The second-order valence-corrected chi connectivity index (χ2v) is 7.00. The average Bonchev–Trinajstić information content (AvgIpc) is 3.36. The van der Waals surface area contributed by atoms with Crippen molar-refractivity contribution >= 4 is 23.2 Å². The molecule has 0 aliphatic carbocycles. The van der Waals surface area contributed by atoms with Crippen LogP contribution in [0, 0.1) is 5.82 Å². The van der Waals surface area contributed by atoms with E-state index in [0.29, 0.717) is 33.8 Å². The molecule has 0 spiro atoms. The Labute approximate surface area is 171 Å². The van der Waals surface area contributed by atoms with Gasteiger partial charge in [0, 0.05) is 29.6 Å². The van der Waals surface area contributed by atoms with E-state index in [2.05, 4.69) is 10.1 Å². The Balaban J connectivity index is 1.59. The number of hydrogen-bond acceptors (Lipinski definition) is 6. The molecule has 1 fully saturated rings. The van der Waals surface area contributed by atoms with Crippen LogP contribution >= 0.6 is 11.6 Å². The first kappa shape index (κ1) is 19.2. The number of halogens is 2. The summed E-state index contributed by atoms with van der Waals surface area (Å²) in [5.41, 5.74) is 0.792. The fourth-order valence-electron chi connectivity index (χ4n) is 3.25. The minimum atomic E-state index is -0.516. The predicted octanol–water partition coefficient (Wildman–Crippen LogP) is 4.07. The molecule has 0 radical (unpaired) electrons. The molecule has 0 saturated carbocycles. The SMILES string of the molecule is COc1cc(OC)cc(-c2noc(C3CC(=O)N(c4cc(Cl)ccc4F)C3)n2)c1. The van der Waals surface area contributed by atoms with Crippen LogP contribution in [0.25, 0.3) is 11.4 Å². The average molecular weight is 418 g/mol. The van der Waals surface area contributed by atoms with Gasteiger partial charge in [-0.1, -0.05) is 16.8 Å². The molecule has 7 nitrogen and oxygen atoms in total. The molecule has 3 aromatic rings. The van der Waals surface area contributed by atoms with Crippen molar-refractivity contribution in [1.29, 1.82) is 0 Å². The number of anilines is 1. The standard InChI is InChI=1S/C20H17ClFN3O4/c1-27-14-5-11(6-15(9-14)28-2)19-23-20(29-24-19)12-7-18(26)25(10-12)17-8-13(21)3-4-16(17)22/h3-6,8-9,12H,7,10H2,1-2H3. The molecule has 0 bridgehead atoms. The highest BCUT2D eigenvalue weighted by atomic mass is 35.5. The Morgan fingerprint density at radius 1 is 1.17 bits per heavy atom. The molecule has 4 rings (SSSR count). The van der Waals surface area contributed by atoms with Gasteiger partial charge < -0.3 is 18.9 Å². The van der Waals surface area contributed by atoms with E-state index < -0.39 is 5.82 Å². The van der Waals surface area contributed by atoms with Crippen molar-refractivity contribution in [3.05, 3.63) is 53.1 Å². The number of carbonyl (C=O) groups is 1. The van der Waals surface area contributed by atoms with Gasteiger partial charge >= 0.3 is 0 Å². The molecule has 29 heavy (non-hydrogen) atoms. The molecule has 1 unspecified atom stereocenters. The minimum Gasteiger partial charge on any atom is -0.497 e. The van der Waals surface area contributed by atoms with E-state index >= 15 is 0 Å². The lowest BCUT2D eigenvalue weighted by Gasteiger charge is -2.17. The quantitative estimate of drug-likeness (QED) is 0.622. The fourth-order valence-corrected chi connectivity index (χ4v) is 3.42. The number of rotatable bonds is 5. The highest BCUT2D eigenvalue weighted by molar-refractivity contribution is 6.31. The van der Waals surface area contributed by atoms with E-state index in [1.165, 1.54) is 23.1 Å². The van der Waals surface area contributed by atoms with Gasteiger partial charge in [0.2, 0.25) is 17.6 Å². The first-order chi connectivity index (χ1) is 14.0. The largest absolute Gasteiger partial charge is 0.497 e. The zero-order valence-electron chi connectivity index (χ0n) is 15.7. The molecule has 1 aliphatic heterocycles. The number of methoxy groups -OCH3 is 2. The van der Waals surface area contributed by atoms with E-state index in [1.54, 1.807) is 32.4 Å². The van der Waals surface area contributed by atoms with Gasteiger partial charge in [0.1, 0.15) is 17.3 Å². The van der Waals surface area contributed by atoms with Gasteiger partial charge in [-0.05, 0) is 30.3 Å². The molecule has 1 aliphatic rings. The third kappa shape index (κ3) is 3.75. The van der Waals surface area contributed by atoms with Crippen LogP contribution in [0.4, 0.5) is 10.1 Å². The summed E-state index contributed by atoms with van der Waals surface area (Å²) in [6.45, 7) is 0.221. The monoisotopic (exact) mass is 417 g/mol. The van der Waals surface area contributed by atoms with E-state index in [4.69, 9.17) is 25.6 Å². The van der Waals surface area contributed by atoms with Crippen LogP contribution in [-0.2, 0) is 4.79 Å². The molecule has 150 valence electrons. The van der Waals surface area contributed by atoms with Crippen molar-refractivity contribution in [2.24, 2.45) is 0 Å². The van der Waals surface area contributed by atoms with Crippen LogP contribution in [-0.4, -0.2) is 36.8 Å². The summed E-state index contributed by atoms with van der Waals surface area (Å²) < 4.78 is 30.1. The van der Waals surface area contributed by atoms with Crippen LogP contribution in [0.3, 0.4) is 0 Å². The van der Waals surface area contributed by atoms with Crippen molar-refractivity contribution in [1.82, 2.24) is 10.1 Å². The molecule has 2 aromatic carbocycles. The summed E-state index contributed by atoms with van der Waals surface area (Å²) in [7, 11) is 3.10. The van der Waals surface area contributed by atoms with Crippen LogP contribution in [0.2, 0.25) is 5.02 Å². The fraction of sp³-hybridized carbons (Fsp3) is 0.250. The molecule has 1 atom stereocenters. The van der Waals surface area contributed by atoms with Gasteiger partial charge in [0.05, 0.1) is 25.8 Å². The molecule has 0 N–H and O–H groups in total. The minimum absolute atomic E-state index is 0.134. The Bertz CT molecular complexity index is 1050. The number of ether oxygens (including phenoxy) is 2. The van der Waals surface area contributed by atoms with Gasteiger partial charge in [-0.25, -0.2) is 4.39 Å². The summed E-state index contributed by atoms with van der Waals surface area (Å²) >= 11 is 5.95. The van der Waals surface area contributed by atoms with Gasteiger partial charge in [-0.15, -0.1) is 0 Å². The van der Waals surface area contributed by atoms with Gasteiger partial charge in [-0.3, -0.25) is 4.79 Å². The highest BCUT2D eigenvalue weighted by Crippen LogP contribution is 2.35. The van der Waals surface area contributed by atoms with Crippen molar-refractivity contribution in [2.45, 2.75) is 12.3 Å². The zero-order chi connectivity index (χ0) is 20.5. The number of amides is 1. The molecule has 1 saturated heterocycles. The van der Waals surface area contributed by atoms with E-state index in [0.717, 1.165) is 0 Å². The zero-order valence-corrected chi connectivity index (χ0v) is 16.4. The smallest absolute Gasteiger partial charge is 0.232 e. The van der Waals surface area contributed by atoms with Crippen molar-refractivity contribution < 1.29 is 23.2 Å². The summed E-state index contributed by atoms with van der Waals surface area (Å²) in [5.74, 6) is 0.720.